The van der Waals surface area contributed by atoms with Crippen LogP contribution in [-0.4, -0.2) is 40.2 Å². The van der Waals surface area contributed by atoms with Crippen LogP contribution in [0.25, 0.3) is 0 Å². The summed E-state index contributed by atoms with van der Waals surface area (Å²) in [6, 6.07) is 1.83. The molecule has 94 valence electrons. The Morgan fingerprint density at radius 3 is 3.12 bits per heavy atom. The topological polar surface area (TPSA) is 64.2 Å². The number of likely N-dealkylation sites (tertiary alicyclic amines) is 1. The maximum Gasteiger partial charge on any atom is 0.244 e. The van der Waals surface area contributed by atoms with Crippen LogP contribution in [0, 0.1) is 5.92 Å². The Balaban J connectivity index is 1.86. The summed E-state index contributed by atoms with van der Waals surface area (Å²) in [6.07, 6.45) is 6.82. The quantitative estimate of drug-likeness (QED) is 0.826. The first kappa shape index (κ1) is 12.1. The minimum atomic E-state index is 0.162. The molecule has 5 heteroatoms. The summed E-state index contributed by atoms with van der Waals surface area (Å²) in [7, 11) is 0. The Kier molecular flexibility index (Phi) is 4.14. The summed E-state index contributed by atoms with van der Waals surface area (Å²) in [5, 5.41) is 4.06. The maximum absolute atomic E-state index is 12.0. The fraction of sp³-hybridized carbons (Fsp3) is 0.667. The second kappa shape index (κ2) is 5.82. The Hall–Kier alpha value is -1.36. The molecule has 1 aliphatic heterocycles. The monoisotopic (exact) mass is 236 g/mol. The van der Waals surface area contributed by atoms with Crippen molar-refractivity contribution < 1.29 is 4.79 Å². The van der Waals surface area contributed by atoms with Gasteiger partial charge in [-0.3, -0.25) is 9.48 Å². The van der Waals surface area contributed by atoms with Gasteiger partial charge in [-0.15, -0.1) is 0 Å². The number of rotatable bonds is 4. The number of carbonyl (C=O) groups is 1. The summed E-state index contributed by atoms with van der Waals surface area (Å²) in [5.41, 5.74) is 5.57. The molecule has 1 aromatic rings. The van der Waals surface area contributed by atoms with Crippen LogP contribution < -0.4 is 5.73 Å². The van der Waals surface area contributed by atoms with Gasteiger partial charge in [-0.1, -0.05) is 0 Å². The third kappa shape index (κ3) is 3.30. The van der Waals surface area contributed by atoms with Crippen LogP contribution in [0.2, 0.25) is 0 Å². The van der Waals surface area contributed by atoms with Crippen molar-refractivity contribution in [3.05, 3.63) is 18.5 Å². The lowest BCUT2D eigenvalue weighted by Crippen LogP contribution is -2.42. The lowest BCUT2D eigenvalue weighted by atomic mass is 9.95. The third-order valence-corrected chi connectivity index (χ3v) is 3.30. The van der Waals surface area contributed by atoms with E-state index in [9.17, 15) is 4.79 Å². The predicted octanol–water partition coefficient (Wildman–Crippen LogP) is 0.470. The molecule has 0 bridgehead atoms. The molecule has 1 fully saturated rings. The normalized spacial score (nSPS) is 20.5. The van der Waals surface area contributed by atoms with Crippen molar-refractivity contribution in [1.29, 1.82) is 0 Å². The average Bonchev–Trinajstić information content (AvgIpc) is 2.83. The van der Waals surface area contributed by atoms with Crippen molar-refractivity contribution in [3.63, 3.8) is 0 Å². The summed E-state index contributed by atoms with van der Waals surface area (Å²) in [6.45, 7) is 2.80. The zero-order valence-corrected chi connectivity index (χ0v) is 10.1. The molecule has 2 N–H and O–H groups in total. The van der Waals surface area contributed by atoms with E-state index in [1.54, 1.807) is 10.9 Å². The van der Waals surface area contributed by atoms with Crippen LogP contribution in [-0.2, 0) is 11.3 Å². The number of hydrogen-bond donors (Lipinski definition) is 1. The van der Waals surface area contributed by atoms with Crippen LogP contribution in [0.4, 0.5) is 0 Å². The van der Waals surface area contributed by atoms with E-state index in [0.717, 1.165) is 25.9 Å². The van der Waals surface area contributed by atoms with E-state index in [1.165, 1.54) is 6.42 Å². The second-order valence-corrected chi connectivity index (χ2v) is 4.63. The highest BCUT2D eigenvalue weighted by Gasteiger charge is 2.23. The van der Waals surface area contributed by atoms with E-state index in [1.807, 2.05) is 17.2 Å². The number of nitrogens with two attached hydrogens (primary N) is 1. The number of nitrogens with zero attached hydrogens (tertiary/aromatic N) is 3. The highest BCUT2D eigenvalue weighted by atomic mass is 16.2. The number of piperidine rings is 1. The smallest absolute Gasteiger partial charge is 0.244 e. The molecule has 2 heterocycles. The predicted molar refractivity (Wildman–Crippen MR) is 65.2 cm³/mol. The Morgan fingerprint density at radius 1 is 1.53 bits per heavy atom. The number of amides is 1. The van der Waals surface area contributed by atoms with Gasteiger partial charge in [-0.05, 0) is 37.8 Å². The molecule has 1 aliphatic rings. The van der Waals surface area contributed by atoms with Gasteiger partial charge in [0.15, 0.2) is 0 Å². The zero-order valence-electron chi connectivity index (χ0n) is 10.1. The first-order valence-corrected chi connectivity index (χ1v) is 6.25. The number of aromatic nitrogens is 2. The van der Waals surface area contributed by atoms with Crippen molar-refractivity contribution in [2.75, 3.05) is 19.6 Å². The SMILES string of the molecule is NCCC1CCCN(C(=O)Cn2cccn2)C1. The maximum atomic E-state index is 12.0. The molecule has 1 saturated heterocycles. The molecule has 17 heavy (non-hydrogen) atoms. The largest absolute Gasteiger partial charge is 0.341 e. The lowest BCUT2D eigenvalue weighted by Gasteiger charge is -2.32. The minimum absolute atomic E-state index is 0.162. The lowest BCUT2D eigenvalue weighted by molar-refractivity contribution is -0.133. The van der Waals surface area contributed by atoms with Crippen molar-refractivity contribution >= 4 is 5.91 Å². The van der Waals surface area contributed by atoms with Gasteiger partial charge < -0.3 is 10.6 Å². The van der Waals surface area contributed by atoms with Crippen LogP contribution in [0.15, 0.2) is 18.5 Å². The number of carbonyl (C=O) groups excluding carboxylic acids is 1. The first-order chi connectivity index (χ1) is 8.29. The van der Waals surface area contributed by atoms with Gasteiger partial charge in [-0.25, -0.2) is 0 Å². The van der Waals surface area contributed by atoms with Gasteiger partial charge in [0, 0.05) is 25.5 Å². The molecule has 0 aromatic carbocycles. The Morgan fingerprint density at radius 2 is 2.41 bits per heavy atom. The molecule has 0 spiro atoms. The molecule has 5 nitrogen and oxygen atoms in total. The van der Waals surface area contributed by atoms with Crippen molar-refractivity contribution in [2.24, 2.45) is 11.7 Å². The standard InChI is InChI=1S/C12H20N4O/c13-5-4-11-3-1-7-15(9-11)12(17)10-16-8-2-6-14-16/h2,6,8,11H,1,3-5,7,9-10,13H2. The van der Waals surface area contributed by atoms with Crippen molar-refractivity contribution in [2.45, 2.75) is 25.8 Å². The van der Waals surface area contributed by atoms with E-state index >= 15 is 0 Å². The van der Waals surface area contributed by atoms with Crippen LogP contribution in [0.1, 0.15) is 19.3 Å². The summed E-state index contributed by atoms with van der Waals surface area (Å²) >= 11 is 0. The molecule has 0 radical (unpaired) electrons. The Bertz CT molecular complexity index is 347. The van der Waals surface area contributed by atoms with Gasteiger partial charge in [-0.2, -0.15) is 5.10 Å². The molecule has 1 amide bonds. The second-order valence-electron chi connectivity index (χ2n) is 4.63. The van der Waals surface area contributed by atoms with E-state index in [2.05, 4.69) is 5.10 Å². The van der Waals surface area contributed by atoms with Gasteiger partial charge in [0.25, 0.3) is 0 Å². The third-order valence-electron chi connectivity index (χ3n) is 3.30. The zero-order chi connectivity index (χ0) is 12.1. The van der Waals surface area contributed by atoms with Gasteiger partial charge >= 0.3 is 0 Å². The molecule has 0 aliphatic carbocycles. The molecule has 1 unspecified atom stereocenters. The highest BCUT2D eigenvalue weighted by molar-refractivity contribution is 5.76. The van der Waals surface area contributed by atoms with Crippen molar-refractivity contribution in [3.8, 4) is 0 Å². The van der Waals surface area contributed by atoms with Gasteiger partial charge in [0.05, 0.1) is 0 Å². The first-order valence-electron chi connectivity index (χ1n) is 6.25. The van der Waals surface area contributed by atoms with Crippen LogP contribution >= 0.6 is 0 Å². The fourth-order valence-corrected chi connectivity index (χ4v) is 2.40. The molecule has 0 saturated carbocycles. The molecular formula is C12H20N4O. The minimum Gasteiger partial charge on any atom is -0.341 e. The van der Waals surface area contributed by atoms with Gasteiger partial charge in [0.1, 0.15) is 6.54 Å². The Labute approximate surface area is 102 Å². The molecular weight excluding hydrogens is 216 g/mol. The number of hydrogen-bond acceptors (Lipinski definition) is 3. The van der Waals surface area contributed by atoms with Gasteiger partial charge in [0.2, 0.25) is 5.91 Å². The summed E-state index contributed by atoms with van der Waals surface area (Å²) in [5.74, 6) is 0.741. The van der Waals surface area contributed by atoms with E-state index in [-0.39, 0.29) is 5.91 Å². The molecule has 1 aromatic heterocycles. The van der Waals surface area contributed by atoms with E-state index in [4.69, 9.17) is 5.73 Å². The molecule has 1 atom stereocenters. The fourth-order valence-electron chi connectivity index (χ4n) is 2.40. The van der Waals surface area contributed by atoms with Crippen molar-refractivity contribution in [1.82, 2.24) is 14.7 Å². The summed E-state index contributed by atoms with van der Waals surface area (Å²) < 4.78 is 1.68. The summed E-state index contributed by atoms with van der Waals surface area (Å²) in [4.78, 5) is 14.0. The van der Waals surface area contributed by atoms with Crippen LogP contribution in [0.3, 0.4) is 0 Å². The van der Waals surface area contributed by atoms with E-state index < -0.39 is 0 Å². The van der Waals surface area contributed by atoms with E-state index in [0.29, 0.717) is 19.0 Å². The highest BCUT2D eigenvalue weighted by Crippen LogP contribution is 2.19. The molecule has 2 rings (SSSR count). The average molecular weight is 236 g/mol. The van der Waals surface area contributed by atoms with Crippen LogP contribution in [0.5, 0.6) is 0 Å².